The van der Waals surface area contributed by atoms with E-state index in [-0.39, 0.29) is 11.9 Å². The highest BCUT2D eigenvalue weighted by Gasteiger charge is 2.13. The third kappa shape index (κ3) is 5.54. The smallest absolute Gasteiger partial charge is 0.298 e. The average molecular weight is 412 g/mol. The van der Waals surface area contributed by atoms with Crippen molar-refractivity contribution in [2.45, 2.75) is 39.7 Å². The van der Waals surface area contributed by atoms with Crippen molar-refractivity contribution in [3.05, 3.63) is 65.0 Å². The molecule has 3 aromatic rings. The Morgan fingerprint density at radius 3 is 2.83 bits per heavy atom. The molecule has 0 fully saturated rings. The van der Waals surface area contributed by atoms with Crippen molar-refractivity contribution < 1.29 is 14.3 Å². The van der Waals surface area contributed by atoms with Gasteiger partial charge in [-0.3, -0.25) is 4.79 Å². The van der Waals surface area contributed by atoms with Gasteiger partial charge in [0.1, 0.15) is 11.5 Å². The fourth-order valence-electron chi connectivity index (χ4n) is 2.67. The van der Waals surface area contributed by atoms with E-state index in [1.165, 1.54) is 11.5 Å². The lowest BCUT2D eigenvalue weighted by Crippen LogP contribution is -2.31. The molecule has 7 heteroatoms. The number of ether oxygens (including phenoxy) is 2. The maximum atomic E-state index is 12.4. The Hall–Kier alpha value is -2.93. The molecule has 6 nitrogen and oxygen atoms in total. The molecule has 29 heavy (non-hydrogen) atoms. The van der Waals surface area contributed by atoms with E-state index in [4.69, 9.17) is 9.47 Å². The first-order chi connectivity index (χ1) is 14.0. The lowest BCUT2D eigenvalue weighted by Gasteiger charge is -2.12. The number of benzene rings is 2. The lowest BCUT2D eigenvalue weighted by atomic mass is 10.1. The first kappa shape index (κ1) is 20.8. The first-order valence-electron chi connectivity index (χ1n) is 9.53. The van der Waals surface area contributed by atoms with Crippen LogP contribution in [0.15, 0.2) is 42.5 Å². The minimum Gasteiger partial charge on any atom is -0.497 e. The minimum absolute atomic E-state index is 0.111. The van der Waals surface area contributed by atoms with E-state index in [9.17, 15) is 4.79 Å². The molecule has 0 unspecified atom stereocenters. The predicted octanol–water partition coefficient (Wildman–Crippen LogP) is 4.77. The Morgan fingerprint density at radius 1 is 1.24 bits per heavy atom. The Bertz CT molecular complexity index is 987. The molecule has 1 N–H and O–H groups in total. The number of hydrogen-bond acceptors (Lipinski definition) is 6. The molecular weight excluding hydrogens is 386 g/mol. The number of aryl methyl sites for hydroxylation is 1. The van der Waals surface area contributed by atoms with Gasteiger partial charge >= 0.3 is 0 Å². The quantitative estimate of drug-likeness (QED) is 0.578. The van der Waals surface area contributed by atoms with Gasteiger partial charge in [0.15, 0.2) is 5.82 Å². The highest BCUT2D eigenvalue weighted by Crippen LogP contribution is 2.28. The molecule has 0 saturated carbocycles. The van der Waals surface area contributed by atoms with Crippen LogP contribution in [0.4, 0.5) is 0 Å². The average Bonchev–Trinajstić information content (AvgIpc) is 3.16. The standard InChI is InChI=1S/C22H25N3O3S/c1-5-15(3)23-21(26)17-10-9-14(2)19(13-17)28-22-24-20(25-29-22)12-16-7-6-8-18(11-16)27-4/h6-11,13,15H,5,12H2,1-4H3,(H,23,26)/t15-/m0/s1. The van der Waals surface area contributed by atoms with Crippen molar-refractivity contribution in [3.8, 4) is 16.7 Å². The zero-order valence-electron chi connectivity index (χ0n) is 17.1. The molecular formula is C22H25N3O3S. The van der Waals surface area contributed by atoms with Crippen molar-refractivity contribution in [2.24, 2.45) is 0 Å². The second kappa shape index (κ2) is 9.52. The summed E-state index contributed by atoms with van der Waals surface area (Å²) in [5, 5.41) is 3.42. The summed E-state index contributed by atoms with van der Waals surface area (Å²) < 4.78 is 15.6. The van der Waals surface area contributed by atoms with Crippen LogP contribution in [0.2, 0.25) is 0 Å². The van der Waals surface area contributed by atoms with Gasteiger partial charge in [-0.15, -0.1) is 0 Å². The van der Waals surface area contributed by atoms with Crippen LogP contribution in [-0.2, 0) is 6.42 Å². The molecule has 0 spiro atoms. The SMILES string of the molecule is CC[C@H](C)NC(=O)c1ccc(C)c(Oc2nc(Cc3cccc(OC)c3)ns2)c1. The van der Waals surface area contributed by atoms with Crippen LogP contribution >= 0.6 is 11.5 Å². The topological polar surface area (TPSA) is 73.3 Å². The van der Waals surface area contributed by atoms with Gasteiger partial charge in [0.25, 0.3) is 11.1 Å². The van der Waals surface area contributed by atoms with Crippen LogP contribution in [-0.4, -0.2) is 28.4 Å². The first-order valence-corrected chi connectivity index (χ1v) is 10.3. The van der Waals surface area contributed by atoms with Gasteiger partial charge in [-0.05, 0) is 55.7 Å². The summed E-state index contributed by atoms with van der Waals surface area (Å²) in [6.45, 7) is 5.95. The van der Waals surface area contributed by atoms with E-state index in [2.05, 4.69) is 14.7 Å². The third-order valence-electron chi connectivity index (χ3n) is 4.58. The van der Waals surface area contributed by atoms with Crippen molar-refractivity contribution in [1.82, 2.24) is 14.7 Å². The highest BCUT2D eigenvalue weighted by atomic mass is 32.1. The van der Waals surface area contributed by atoms with E-state index in [0.29, 0.717) is 28.8 Å². The number of hydrogen-bond donors (Lipinski definition) is 1. The summed E-state index contributed by atoms with van der Waals surface area (Å²) in [4.78, 5) is 16.9. The Labute approximate surface area is 175 Å². The Morgan fingerprint density at radius 2 is 2.07 bits per heavy atom. The predicted molar refractivity (Wildman–Crippen MR) is 114 cm³/mol. The molecule has 3 rings (SSSR count). The fourth-order valence-corrected chi connectivity index (χ4v) is 3.23. The molecule has 0 aliphatic carbocycles. The number of aromatic nitrogens is 2. The van der Waals surface area contributed by atoms with Gasteiger partial charge in [0.05, 0.1) is 7.11 Å². The van der Waals surface area contributed by atoms with E-state index < -0.39 is 0 Å². The van der Waals surface area contributed by atoms with E-state index in [1.54, 1.807) is 19.2 Å². The zero-order chi connectivity index (χ0) is 20.8. The van der Waals surface area contributed by atoms with Crippen LogP contribution in [0.5, 0.6) is 16.7 Å². The van der Waals surface area contributed by atoms with Crippen LogP contribution in [0.3, 0.4) is 0 Å². The molecule has 1 aromatic heterocycles. The molecule has 2 aromatic carbocycles. The van der Waals surface area contributed by atoms with Gasteiger partial charge in [0, 0.05) is 29.6 Å². The summed E-state index contributed by atoms with van der Waals surface area (Å²) in [6.07, 6.45) is 1.47. The second-order valence-electron chi connectivity index (χ2n) is 6.87. The zero-order valence-corrected chi connectivity index (χ0v) is 17.9. The Kier molecular flexibility index (Phi) is 6.82. The molecule has 1 amide bonds. The van der Waals surface area contributed by atoms with Crippen LogP contribution < -0.4 is 14.8 Å². The number of amides is 1. The summed E-state index contributed by atoms with van der Waals surface area (Å²) >= 11 is 1.20. The maximum Gasteiger partial charge on any atom is 0.298 e. The normalized spacial score (nSPS) is 11.7. The number of carbonyl (C=O) groups is 1. The van der Waals surface area contributed by atoms with Crippen molar-refractivity contribution in [3.63, 3.8) is 0 Å². The van der Waals surface area contributed by atoms with E-state index >= 15 is 0 Å². The summed E-state index contributed by atoms with van der Waals surface area (Å²) in [7, 11) is 1.64. The van der Waals surface area contributed by atoms with Gasteiger partial charge in [-0.1, -0.05) is 25.1 Å². The highest BCUT2D eigenvalue weighted by molar-refractivity contribution is 7.07. The number of rotatable bonds is 8. The molecule has 0 saturated heterocycles. The fraction of sp³-hybridized carbons (Fsp3) is 0.318. The van der Waals surface area contributed by atoms with Gasteiger partial charge in [-0.25, -0.2) is 0 Å². The van der Waals surface area contributed by atoms with Crippen molar-refractivity contribution in [2.75, 3.05) is 7.11 Å². The summed E-state index contributed by atoms with van der Waals surface area (Å²) in [6, 6.07) is 13.4. The van der Waals surface area contributed by atoms with Gasteiger partial charge in [0.2, 0.25) is 0 Å². The van der Waals surface area contributed by atoms with Gasteiger partial charge < -0.3 is 14.8 Å². The lowest BCUT2D eigenvalue weighted by molar-refractivity contribution is 0.0939. The largest absolute Gasteiger partial charge is 0.497 e. The Balaban J connectivity index is 1.71. The van der Waals surface area contributed by atoms with Crippen molar-refractivity contribution in [1.29, 1.82) is 0 Å². The minimum atomic E-state index is -0.111. The van der Waals surface area contributed by atoms with E-state index in [1.807, 2.05) is 51.1 Å². The molecule has 152 valence electrons. The molecule has 0 aliphatic rings. The van der Waals surface area contributed by atoms with Crippen LogP contribution in [0, 0.1) is 6.92 Å². The second-order valence-corrected chi connectivity index (χ2v) is 7.58. The third-order valence-corrected chi connectivity index (χ3v) is 5.22. The summed E-state index contributed by atoms with van der Waals surface area (Å²) in [5.74, 6) is 1.98. The number of nitrogens with one attached hydrogen (secondary N) is 1. The number of nitrogens with zero attached hydrogens (tertiary/aromatic N) is 2. The number of methoxy groups -OCH3 is 1. The van der Waals surface area contributed by atoms with Crippen LogP contribution in [0.25, 0.3) is 0 Å². The molecule has 0 bridgehead atoms. The summed E-state index contributed by atoms with van der Waals surface area (Å²) in [5.41, 5.74) is 2.55. The molecule has 0 radical (unpaired) electrons. The molecule has 0 aliphatic heterocycles. The van der Waals surface area contributed by atoms with Crippen molar-refractivity contribution >= 4 is 17.4 Å². The van der Waals surface area contributed by atoms with Gasteiger partial charge in [-0.2, -0.15) is 9.36 Å². The maximum absolute atomic E-state index is 12.4. The monoisotopic (exact) mass is 411 g/mol. The number of carbonyl (C=O) groups excluding carboxylic acids is 1. The van der Waals surface area contributed by atoms with Crippen LogP contribution in [0.1, 0.15) is 47.6 Å². The molecule has 1 heterocycles. The molecule has 1 atom stereocenters. The van der Waals surface area contributed by atoms with E-state index in [0.717, 1.165) is 23.3 Å².